The Bertz CT molecular complexity index is 394. The molecule has 8 heteroatoms. The zero-order valence-electron chi connectivity index (χ0n) is 9.25. The lowest BCUT2D eigenvalue weighted by Crippen LogP contribution is -2.76. The number of carboxylic acid groups (broad SMARTS) is 1. The Kier molecular flexibility index (Phi) is 2.58. The summed E-state index contributed by atoms with van der Waals surface area (Å²) in [5.41, 5.74) is 0. The van der Waals surface area contributed by atoms with Crippen LogP contribution >= 0.6 is 23.5 Å². The average molecular weight is 275 g/mol. The highest BCUT2D eigenvalue weighted by Gasteiger charge is 2.65. The third kappa shape index (κ3) is 1.38. The maximum atomic E-state index is 12.1. The number of nitrogens with zero attached hydrogens (tertiary/aromatic N) is 2. The molecular weight excluding hydrogens is 262 g/mol. The summed E-state index contributed by atoms with van der Waals surface area (Å²) in [4.78, 5) is 26.9. The third-order valence-corrected chi connectivity index (χ3v) is 6.79. The van der Waals surface area contributed by atoms with Crippen molar-refractivity contribution in [1.82, 2.24) is 15.1 Å². The number of rotatable bonds is 2. The molecule has 2 unspecified atom stereocenters. The van der Waals surface area contributed by atoms with Gasteiger partial charge in [0.2, 0.25) is 5.91 Å². The fourth-order valence-corrected chi connectivity index (χ4v) is 5.86. The number of carbonyl (C=O) groups excluding carboxylic acids is 1. The van der Waals surface area contributed by atoms with Crippen molar-refractivity contribution < 1.29 is 14.7 Å². The molecule has 3 aliphatic rings. The van der Waals surface area contributed by atoms with E-state index in [4.69, 9.17) is 5.11 Å². The van der Waals surface area contributed by atoms with Gasteiger partial charge in [-0.1, -0.05) is 0 Å². The number of nitrogens with one attached hydrogen (secondary N) is 1. The fraction of sp³-hybridized carbons (Fsp3) is 0.778. The highest BCUT2D eigenvalue weighted by Crippen LogP contribution is 2.57. The lowest BCUT2D eigenvalue weighted by atomic mass is 10.2. The van der Waals surface area contributed by atoms with Crippen molar-refractivity contribution in [3.63, 3.8) is 0 Å². The van der Waals surface area contributed by atoms with Crippen LogP contribution in [0, 0.1) is 0 Å². The number of thioether (sulfide) groups is 2. The maximum absolute atomic E-state index is 12.1. The summed E-state index contributed by atoms with van der Waals surface area (Å²) in [5, 5.41) is 12.1. The first-order chi connectivity index (χ1) is 8.10. The van der Waals surface area contributed by atoms with Crippen LogP contribution in [0.2, 0.25) is 0 Å². The summed E-state index contributed by atoms with van der Waals surface area (Å²) in [6.45, 7) is 0.438. The average Bonchev–Trinajstić information content (AvgIpc) is 2.53. The van der Waals surface area contributed by atoms with Crippen molar-refractivity contribution in [1.29, 1.82) is 0 Å². The topological polar surface area (TPSA) is 72.9 Å². The first-order valence-corrected chi connectivity index (χ1v) is 7.33. The van der Waals surface area contributed by atoms with Crippen LogP contribution in [-0.4, -0.2) is 68.4 Å². The number of carbonyl (C=O) groups is 2. The zero-order chi connectivity index (χ0) is 12.2. The zero-order valence-corrected chi connectivity index (χ0v) is 10.9. The Morgan fingerprint density at radius 3 is 2.88 bits per heavy atom. The highest BCUT2D eigenvalue weighted by molar-refractivity contribution is 8.18. The molecule has 0 bridgehead atoms. The minimum Gasteiger partial charge on any atom is -0.480 e. The Hall–Kier alpha value is -0.440. The normalized spacial score (nSPS) is 40.8. The molecule has 3 aliphatic heterocycles. The van der Waals surface area contributed by atoms with Crippen molar-refractivity contribution in [3.05, 3.63) is 0 Å². The molecule has 0 aromatic heterocycles. The van der Waals surface area contributed by atoms with Gasteiger partial charge in [0, 0.05) is 11.5 Å². The number of aliphatic carboxylic acids is 1. The molecule has 17 heavy (non-hydrogen) atoms. The van der Waals surface area contributed by atoms with Crippen LogP contribution in [0.25, 0.3) is 0 Å². The van der Waals surface area contributed by atoms with Gasteiger partial charge < -0.3 is 10.4 Å². The van der Waals surface area contributed by atoms with E-state index < -0.39 is 16.3 Å². The Morgan fingerprint density at radius 1 is 1.53 bits per heavy atom. The largest absolute Gasteiger partial charge is 0.480 e. The van der Waals surface area contributed by atoms with E-state index in [1.165, 1.54) is 0 Å². The molecule has 0 saturated carbocycles. The monoisotopic (exact) mass is 275 g/mol. The Morgan fingerprint density at radius 2 is 2.24 bits per heavy atom. The second-order valence-corrected chi connectivity index (χ2v) is 6.88. The number of carboxylic acids is 1. The predicted octanol–water partition coefficient (Wildman–Crippen LogP) is -0.766. The van der Waals surface area contributed by atoms with Gasteiger partial charge in [-0.25, -0.2) is 4.90 Å². The molecule has 3 heterocycles. The minimum atomic E-state index is -0.794. The number of hydrogen-bond acceptors (Lipinski definition) is 6. The summed E-state index contributed by atoms with van der Waals surface area (Å²) in [6, 6.07) is -0.597. The predicted molar refractivity (Wildman–Crippen MR) is 65.5 cm³/mol. The van der Waals surface area contributed by atoms with E-state index in [1.807, 2.05) is 4.90 Å². The van der Waals surface area contributed by atoms with Crippen molar-refractivity contribution in [2.75, 3.05) is 25.2 Å². The van der Waals surface area contributed by atoms with E-state index in [-0.39, 0.29) is 11.9 Å². The van der Waals surface area contributed by atoms with Gasteiger partial charge in [-0.15, -0.1) is 23.5 Å². The molecule has 3 atom stereocenters. The molecule has 3 saturated heterocycles. The van der Waals surface area contributed by atoms with Gasteiger partial charge in [-0.3, -0.25) is 14.5 Å². The van der Waals surface area contributed by atoms with Gasteiger partial charge in [-0.05, 0) is 7.05 Å². The SMILES string of the molecule is CNC1CS[C@]23SCC(C(=O)O)N2CN3C1=O. The molecule has 6 nitrogen and oxygen atoms in total. The summed E-state index contributed by atoms with van der Waals surface area (Å²) in [6.07, 6.45) is 0. The van der Waals surface area contributed by atoms with Gasteiger partial charge in [0.25, 0.3) is 0 Å². The number of amides is 1. The van der Waals surface area contributed by atoms with Crippen LogP contribution in [0.5, 0.6) is 0 Å². The van der Waals surface area contributed by atoms with Crippen LogP contribution in [0.1, 0.15) is 0 Å². The van der Waals surface area contributed by atoms with Gasteiger partial charge in [0.1, 0.15) is 6.04 Å². The second kappa shape index (κ2) is 3.78. The number of likely N-dealkylation sites (N-methyl/N-ethyl adjacent to an activating group) is 1. The molecule has 1 amide bonds. The summed E-state index contributed by atoms with van der Waals surface area (Å²) in [5.74, 6) is 0.539. The lowest BCUT2D eigenvalue weighted by molar-refractivity contribution is -0.170. The molecule has 2 N–H and O–H groups in total. The standard InChI is InChI=1S/C9H13N3O3S2/c1-10-5-2-16-9-11(4-12(9)7(5)13)6(3-17-9)8(14)15/h5-6,10H,2-4H2,1H3,(H,14,15)/t5?,6?,9-/m0/s1. The Labute approximate surface area is 107 Å². The second-order valence-electron chi connectivity index (χ2n) is 4.24. The van der Waals surface area contributed by atoms with E-state index >= 15 is 0 Å². The number of hydrogen-bond donors (Lipinski definition) is 2. The highest BCUT2D eigenvalue weighted by atomic mass is 32.2. The summed E-state index contributed by atoms with van der Waals surface area (Å²) >= 11 is 3.22. The molecule has 94 valence electrons. The van der Waals surface area contributed by atoms with Crippen LogP contribution in [0.3, 0.4) is 0 Å². The molecule has 0 aliphatic carbocycles. The fourth-order valence-electron chi connectivity index (χ4n) is 2.42. The van der Waals surface area contributed by atoms with Crippen molar-refractivity contribution >= 4 is 35.4 Å². The third-order valence-electron chi connectivity index (χ3n) is 3.44. The molecule has 3 rings (SSSR count). The van der Waals surface area contributed by atoms with Crippen molar-refractivity contribution in [2.24, 2.45) is 0 Å². The van der Waals surface area contributed by atoms with E-state index in [2.05, 4.69) is 5.32 Å². The smallest absolute Gasteiger partial charge is 0.321 e. The molecule has 0 radical (unpaired) electrons. The molecular formula is C9H13N3O3S2. The first kappa shape index (κ1) is 11.6. The summed E-state index contributed by atoms with van der Waals surface area (Å²) in [7, 11) is 1.78. The summed E-state index contributed by atoms with van der Waals surface area (Å²) < 4.78 is -0.437. The molecule has 1 spiro atoms. The Balaban J connectivity index is 1.82. The van der Waals surface area contributed by atoms with Crippen LogP contribution in [0.4, 0.5) is 0 Å². The van der Waals surface area contributed by atoms with E-state index in [0.29, 0.717) is 18.2 Å². The quantitative estimate of drug-likeness (QED) is 0.686. The van der Waals surface area contributed by atoms with Crippen LogP contribution in [-0.2, 0) is 9.59 Å². The van der Waals surface area contributed by atoms with Gasteiger partial charge >= 0.3 is 5.97 Å². The van der Waals surface area contributed by atoms with E-state index in [9.17, 15) is 9.59 Å². The molecule has 0 aromatic rings. The van der Waals surface area contributed by atoms with Gasteiger partial charge in [0.05, 0.1) is 12.7 Å². The van der Waals surface area contributed by atoms with Gasteiger partial charge in [0.15, 0.2) is 4.33 Å². The molecule has 3 fully saturated rings. The first-order valence-electron chi connectivity index (χ1n) is 5.36. The van der Waals surface area contributed by atoms with Crippen molar-refractivity contribution in [3.8, 4) is 0 Å². The van der Waals surface area contributed by atoms with E-state index in [1.54, 1.807) is 35.5 Å². The molecule has 0 aromatic carbocycles. The van der Waals surface area contributed by atoms with Crippen LogP contribution < -0.4 is 5.32 Å². The van der Waals surface area contributed by atoms with Crippen molar-refractivity contribution in [2.45, 2.75) is 16.4 Å². The van der Waals surface area contributed by atoms with Gasteiger partial charge in [-0.2, -0.15) is 0 Å². The minimum absolute atomic E-state index is 0.0843. The maximum Gasteiger partial charge on any atom is 0.321 e. The van der Waals surface area contributed by atoms with Crippen LogP contribution in [0.15, 0.2) is 0 Å². The van der Waals surface area contributed by atoms with E-state index in [0.717, 1.165) is 0 Å². The lowest BCUT2D eigenvalue weighted by Gasteiger charge is -2.59.